The van der Waals surface area contributed by atoms with Crippen LogP contribution in [-0.2, 0) is 0 Å². The molecule has 17 heavy (non-hydrogen) atoms. The molecule has 0 aromatic carbocycles. The van der Waals surface area contributed by atoms with Crippen LogP contribution in [0, 0.1) is 0 Å². The first kappa shape index (κ1) is 13.8. The molecule has 0 aliphatic carbocycles. The Balaban J connectivity index is 2.93. The highest BCUT2D eigenvalue weighted by molar-refractivity contribution is 7.98. The molecule has 1 aromatic rings. The van der Waals surface area contributed by atoms with Crippen LogP contribution in [-0.4, -0.2) is 54.6 Å². The highest BCUT2D eigenvalue weighted by Gasteiger charge is 2.10. The van der Waals surface area contributed by atoms with Gasteiger partial charge in [-0.15, -0.1) is 0 Å². The van der Waals surface area contributed by atoms with Crippen LogP contribution < -0.4 is 21.1 Å². The van der Waals surface area contributed by atoms with E-state index in [1.54, 1.807) is 11.8 Å². The van der Waals surface area contributed by atoms with Crippen molar-refractivity contribution in [3.63, 3.8) is 0 Å². The highest BCUT2D eigenvalue weighted by atomic mass is 32.2. The Labute approximate surface area is 106 Å². The first-order chi connectivity index (χ1) is 8.08. The van der Waals surface area contributed by atoms with Gasteiger partial charge >= 0.3 is 0 Å². The minimum atomic E-state index is 0.370. The molecular formula is C9H19N7S. The molecule has 0 spiro atoms. The number of aromatic nitrogens is 3. The molecule has 0 aliphatic heterocycles. The molecule has 0 unspecified atom stereocenters. The number of rotatable bonds is 6. The van der Waals surface area contributed by atoms with Crippen LogP contribution in [0.25, 0.3) is 0 Å². The molecule has 8 heteroatoms. The molecule has 1 heterocycles. The van der Waals surface area contributed by atoms with E-state index in [0.29, 0.717) is 17.8 Å². The minimum Gasteiger partial charge on any atom is -0.347 e. The van der Waals surface area contributed by atoms with Crippen molar-refractivity contribution in [3.8, 4) is 0 Å². The van der Waals surface area contributed by atoms with E-state index in [1.165, 1.54) is 0 Å². The number of hydrogen-bond donors (Lipinski definition) is 2. The molecule has 0 amide bonds. The van der Waals surface area contributed by atoms with Gasteiger partial charge in [-0.3, -0.25) is 5.43 Å². The fraction of sp³-hybridized carbons (Fsp3) is 0.667. The molecule has 0 atom stereocenters. The number of nitrogens with zero attached hydrogens (tertiary/aromatic N) is 5. The monoisotopic (exact) mass is 257 g/mol. The molecule has 0 fully saturated rings. The topological polar surface area (TPSA) is 83.2 Å². The van der Waals surface area contributed by atoms with Crippen LogP contribution in [0.15, 0.2) is 0 Å². The van der Waals surface area contributed by atoms with Crippen molar-refractivity contribution in [1.82, 2.24) is 15.0 Å². The predicted molar refractivity (Wildman–Crippen MR) is 73.6 cm³/mol. The van der Waals surface area contributed by atoms with E-state index >= 15 is 0 Å². The molecule has 1 aromatic heterocycles. The van der Waals surface area contributed by atoms with Gasteiger partial charge in [0, 0.05) is 33.4 Å². The van der Waals surface area contributed by atoms with Crippen LogP contribution in [0.1, 0.15) is 0 Å². The lowest BCUT2D eigenvalue weighted by Crippen LogP contribution is -2.25. The van der Waals surface area contributed by atoms with Gasteiger partial charge in [0.15, 0.2) is 0 Å². The molecule has 0 radical (unpaired) electrons. The van der Waals surface area contributed by atoms with Gasteiger partial charge in [0.05, 0.1) is 0 Å². The summed E-state index contributed by atoms with van der Waals surface area (Å²) in [6.45, 7) is 0.877. The van der Waals surface area contributed by atoms with Gasteiger partial charge in [0.2, 0.25) is 17.8 Å². The van der Waals surface area contributed by atoms with Gasteiger partial charge in [0.1, 0.15) is 0 Å². The molecule has 7 nitrogen and oxygen atoms in total. The quantitative estimate of drug-likeness (QED) is 0.545. The lowest BCUT2D eigenvalue weighted by atomic mass is 10.6. The smallest absolute Gasteiger partial charge is 0.243 e. The van der Waals surface area contributed by atoms with E-state index in [1.807, 2.05) is 30.9 Å². The van der Waals surface area contributed by atoms with Gasteiger partial charge in [-0.1, -0.05) is 0 Å². The summed E-state index contributed by atoms with van der Waals surface area (Å²) in [5.41, 5.74) is 2.45. The Kier molecular flexibility index (Phi) is 5.23. The van der Waals surface area contributed by atoms with Crippen LogP contribution in [0.2, 0.25) is 0 Å². The molecular weight excluding hydrogens is 238 g/mol. The zero-order chi connectivity index (χ0) is 12.8. The fourth-order valence-electron chi connectivity index (χ4n) is 1.12. The summed E-state index contributed by atoms with van der Waals surface area (Å²) in [6, 6.07) is 0. The van der Waals surface area contributed by atoms with Crippen molar-refractivity contribution in [1.29, 1.82) is 0 Å². The second kappa shape index (κ2) is 6.45. The van der Waals surface area contributed by atoms with Gasteiger partial charge < -0.3 is 9.80 Å². The maximum Gasteiger partial charge on any atom is 0.243 e. The second-order valence-corrected chi connectivity index (χ2v) is 4.70. The number of hydrazine groups is 1. The third kappa shape index (κ3) is 3.90. The molecule has 3 N–H and O–H groups in total. The van der Waals surface area contributed by atoms with E-state index in [0.717, 1.165) is 12.3 Å². The Morgan fingerprint density at radius 3 is 2.35 bits per heavy atom. The maximum absolute atomic E-state index is 5.34. The fourth-order valence-corrected chi connectivity index (χ4v) is 1.57. The predicted octanol–water partition coefficient (Wildman–Crippen LogP) is 0.0224. The van der Waals surface area contributed by atoms with Crippen molar-refractivity contribution in [2.45, 2.75) is 0 Å². The van der Waals surface area contributed by atoms with Crippen LogP contribution in [0.5, 0.6) is 0 Å². The maximum atomic E-state index is 5.34. The molecule has 96 valence electrons. The highest BCUT2D eigenvalue weighted by Crippen LogP contribution is 2.13. The Morgan fingerprint density at radius 2 is 1.82 bits per heavy atom. The van der Waals surface area contributed by atoms with Crippen molar-refractivity contribution in [2.75, 3.05) is 54.9 Å². The number of hydrogen-bond acceptors (Lipinski definition) is 8. The summed E-state index contributed by atoms with van der Waals surface area (Å²) in [4.78, 5) is 16.5. The summed E-state index contributed by atoms with van der Waals surface area (Å²) in [5, 5.41) is 0. The molecule has 0 bridgehead atoms. The summed E-state index contributed by atoms with van der Waals surface area (Å²) >= 11 is 1.78. The second-order valence-electron chi connectivity index (χ2n) is 3.71. The number of thioether (sulfide) groups is 1. The minimum absolute atomic E-state index is 0.370. The number of anilines is 3. The SMILES string of the molecule is CSCCN(C)c1nc(NN)nc(N(C)C)n1. The summed E-state index contributed by atoms with van der Waals surface area (Å²) < 4.78 is 0. The van der Waals surface area contributed by atoms with Gasteiger partial charge in [0.25, 0.3) is 0 Å². The van der Waals surface area contributed by atoms with Crippen LogP contribution >= 0.6 is 11.8 Å². The third-order valence-corrected chi connectivity index (χ3v) is 2.70. The van der Waals surface area contributed by atoms with E-state index in [-0.39, 0.29) is 0 Å². The molecule has 0 aliphatic rings. The largest absolute Gasteiger partial charge is 0.347 e. The van der Waals surface area contributed by atoms with Crippen molar-refractivity contribution < 1.29 is 0 Å². The van der Waals surface area contributed by atoms with E-state index < -0.39 is 0 Å². The Morgan fingerprint density at radius 1 is 1.18 bits per heavy atom. The first-order valence-electron chi connectivity index (χ1n) is 5.18. The van der Waals surface area contributed by atoms with E-state index in [4.69, 9.17) is 5.84 Å². The first-order valence-corrected chi connectivity index (χ1v) is 6.58. The zero-order valence-corrected chi connectivity index (χ0v) is 11.5. The van der Waals surface area contributed by atoms with Gasteiger partial charge in [-0.2, -0.15) is 26.7 Å². The molecule has 0 saturated heterocycles. The molecule has 1 rings (SSSR count). The average Bonchev–Trinajstić information content (AvgIpc) is 2.35. The summed E-state index contributed by atoms with van der Waals surface area (Å²) in [7, 11) is 5.70. The third-order valence-electron chi connectivity index (χ3n) is 2.11. The van der Waals surface area contributed by atoms with Gasteiger partial charge in [-0.25, -0.2) is 5.84 Å². The lowest BCUT2D eigenvalue weighted by molar-refractivity contribution is 0.870. The van der Waals surface area contributed by atoms with Crippen LogP contribution in [0.4, 0.5) is 17.8 Å². The van der Waals surface area contributed by atoms with Gasteiger partial charge in [-0.05, 0) is 6.26 Å². The normalized spacial score (nSPS) is 10.2. The number of nitrogens with two attached hydrogens (primary N) is 1. The Hall–Kier alpha value is -1.28. The van der Waals surface area contributed by atoms with Crippen LogP contribution in [0.3, 0.4) is 0 Å². The zero-order valence-electron chi connectivity index (χ0n) is 10.6. The lowest BCUT2D eigenvalue weighted by Gasteiger charge is -2.19. The van der Waals surface area contributed by atoms with E-state index in [9.17, 15) is 0 Å². The summed E-state index contributed by atoms with van der Waals surface area (Å²) in [5.74, 6) is 7.93. The van der Waals surface area contributed by atoms with Crippen molar-refractivity contribution >= 4 is 29.6 Å². The Bertz CT molecular complexity index is 357. The summed E-state index contributed by atoms with van der Waals surface area (Å²) in [6.07, 6.45) is 2.07. The standard InChI is InChI=1S/C9H19N7S/c1-15(2)8-11-7(14-10)12-9(13-8)16(3)5-6-17-4/h5-6,10H2,1-4H3,(H,11,12,13,14). The number of nitrogen functional groups attached to an aromatic ring is 1. The molecule has 0 saturated carbocycles. The van der Waals surface area contributed by atoms with Crippen molar-refractivity contribution in [3.05, 3.63) is 0 Å². The average molecular weight is 257 g/mol. The van der Waals surface area contributed by atoms with E-state index in [2.05, 4.69) is 26.6 Å². The van der Waals surface area contributed by atoms with Crippen molar-refractivity contribution in [2.24, 2.45) is 5.84 Å². The number of nitrogens with one attached hydrogen (secondary N) is 1.